The van der Waals surface area contributed by atoms with Gasteiger partial charge in [0, 0.05) is 12.1 Å². The maximum Gasteiger partial charge on any atom is 0.313 e. The van der Waals surface area contributed by atoms with Crippen LogP contribution in [0.15, 0.2) is 24.3 Å². The number of aliphatic hydroxyl groups excluding tert-OH is 1. The number of rotatable bonds is 4. The molecule has 8 heteroatoms. The second-order valence-corrected chi connectivity index (χ2v) is 11.6. The number of hydrogen-bond donors (Lipinski definition) is 1. The molecule has 194 valence electrons. The Balaban J connectivity index is 1.96. The van der Waals surface area contributed by atoms with Gasteiger partial charge < -0.3 is 24.4 Å². The summed E-state index contributed by atoms with van der Waals surface area (Å²) in [6.07, 6.45) is 9.55. The second-order valence-electron chi connectivity index (χ2n) is 11.6. The van der Waals surface area contributed by atoms with E-state index in [-0.39, 0.29) is 30.9 Å². The predicted molar refractivity (Wildman–Crippen MR) is 130 cm³/mol. The van der Waals surface area contributed by atoms with E-state index in [1.165, 1.54) is 4.90 Å². The minimum Gasteiger partial charge on any atom is -0.465 e. The molecule has 4 aliphatic heterocycles. The lowest BCUT2D eigenvalue weighted by Crippen LogP contribution is -2.62. The quantitative estimate of drug-likeness (QED) is 0.482. The molecule has 0 saturated carbocycles. The highest BCUT2D eigenvalue weighted by molar-refractivity contribution is 5.99. The average Bonchev–Trinajstić information content (AvgIpc) is 3.15. The fourth-order valence-electron chi connectivity index (χ4n) is 6.40. The van der Waals surface area contributed by atoms with Gasteiger partial charge in [-0.25, -0.2) is 0 Å². The lowest BCUT2D eigenvalue weighted by atomic mass is 9.73. The molecule has 2 fully saturated rings. The van der Waals surface area contributed by atoms with Crippen molar-refractivity contribution in [3.05, 3.63) is 24.3 Å². The van der Waals surface area contributed by atoms with Crippen LogP contribution >= 0.6 is 0 Å². The Morgan fingerprint density at radius 1 is 1.11 bits per heavy atom. The predicted octanol–water partition coefficient (Wildman–Crippen LogP) is 2.45. The molecule has 6 atom stereocenters. The van der Waals surface area contributed by atoms with Crippen LogP contribution in [0.4, 0.5) is 0 Å². The Kier molecular flexibility index (Phi) is 6.68. The number of cyclic esters (lactones) is 1. The average molecular weight is 489 g/mol. The molecule has 2 amide bonds. The van der Waals surface area contributed by atoms with Crippen LogP contribution in [-0.4, -0.2) is 81.3 Å². The molecule has 0 bridgehead atoms. The molecule has 4 aliphatic rings. The monoisotopic (exact) mass is 488 g/mol. The van der Waals surface area contributed by atoms with Crippen molar-refractivity contribution in [2.75, 3.05) is 19.8 Å². The van der Waals surface area contributed by atoms with Gasteiger partial charge in [0.2, 0.25) is 11.8 Å². The first-order valence-corrected chi connectivity index (χ1v) is 12.9. The number of esters is 1. The molecule has 0 aliphatic carbocycles. The van der Waals surface area contributed by atoms with Crippen molar-refractivity contribution in [2.24, 2.45) is 17.8 Å². The van der Waals surface area contributed by atoms with E-state index < -0.39 is 46.6 Å². The summed E-state index contributed by atoms with van der Waals surface area (Å²) in [7, 11) is 0. The Morgan fingerprint density at radius 3 is 2.43 bits per heavy atom. The number of hydrogen-bond acceptors (Lipinski definition) is 6. The van der Waals surface area contributed by atoms with Crippen LogP contribution in [0.1, 0.15) is 60.8 Å². The van der Waals surface area contributed by atoms with Gasteiger partial charge in [-0.2, -0.15) is 0 Å². The molecule has 0 aromatic heterocycles. The second kappa shape index (κ2) is 9.04. The molecule has 0 radical (unpaired) electrons. The molecule has 35 heavy (non-hydrogen) atoms. The highest BCUT2D eigenvalue weighted by Crippen LogP contribution is 2.59. The maximum atomic E-state index is 14.3. The van der Waals surface area contributed by atoms with Gasteiger partial charge in [0.15, 0.2) is 0 Å². The summed E-state index contributed by atoms with van der Waals surface area (Å²) in [5.74, 6) is -2.93. The van der Waals surface area contributed by atoms with Crippen LogP contribution < -0.4 is 0 Å². The van der Waals surface area contributed by atoms with Crippen LogP contribution in [0.5, 0.6) is 0 Å². The fraction of sp³-hybridized carbons (Fsp3) is 0.741. The van der Waals surface area contributed by atoms with E-state index >= 15 is 0 Å². The number of likely N-dealkylation sites (tertiary alicyclic amines) is 1. The normalized spacial score (nSPS) is 37.1. The van der Waals surface area contributed by atoms with Crippen molar-refractivity contribution in [1.82, 2.24) is 9.80 Å². The lowest BCUT2D eigenvalue weighted by Gasteiger charge is -2.44. The number of amides is 2. The zero-order chi connectivity index (χ0) is 25.8. The summed E-state index contributed by atoms with van der Waals surface area (Å²) >= 11 is 0. The van der Waals surface area contributed by atoms with Gasteiger partial charge in [0.1, 0.15) is 23.2 Å². The van der Waals surface area contributed by atoms with Crippen molar-refractivity contribution in [3.63, 3.8) is 0 Å². The van der Waals surface area contributed by atoms with Crippen molar-refractivity contribution < 1.29 is 29.0 Å². The lowest BCUT2D eigenvalue weighted by molar-refractivity contribution is -0.164. The molecule has 4 heterocycles. The number of allylic oxidation sites excluding steroid dienone is 1. The van der Waals surface area contributed by atoms with Crippen LogP contribution in [0, 0.1) is 17.8 Å². The molecule has 1 unspecified atom stereocenters. The van der Waals surface area contributed by atoms with Crippen LogP contribution in [0.3, 0.4) is 0 Å². The Bertz CT molecular complexity index is 936. The number of aliphatic hydroxyl groups is 1. The van der Waals surface area contributed by atoms with Crippen LogP contribution in [0.25, 0.3) is 0 Å². The first-order valence-electron chi connectivity index (χ1n) is 12.9. The van der Waals surface area contributed by atoms with Crippen molar-refractivity contribution in [3.8, 4) is 0 Å². The van der Waals surface area contributed by atoms with Crippen LogP contribution in [0.2, 0.25) is 0 Å². The maximum absolute atomic E-state index is 14.3. The standard InChI is InChI=1S/C27H40N2O6/c1-7-26-12-9-8-10-15-34-24(33)20(26)19-22(31)29(18(16-30)17(2)3)21-23(32)28(25(4,5)6)14-11-13-27(19,21)35-26/h9,11-13,17-21,30H,7-8,10,14-16H2,1-6H3/b12-9-/t18-,19-,20-,21?,26+,27-/m0/s1. The van der Waals surface area contributed by atoms with Gasteiger partial charge in [-0.1, -0.05) is 45.1 Å². The third-order valence-electron chi connectivity index (χ3n) is 8.19. The van der Waals surface area contributed by atoms with Gasteiger partial charge in [0.25, 0.3) is 0 Å². The summed E-state index contributed by atoms with van der Waals surface area (Å²) in [4.78, 5) is 45.4. The Morgan fingerprint density at radius 2 is 1.83 bits per heavy atom. The first kappa shape index (κ1) is 25.9. The number of nitrogens with zero attached hydrogens (tertiary/aromatic N) is 2. The zero-order valence-electron chi connectivity index (χ0n) is 21.8. The van der Waals surface area contributed by atoms with Crippen molar-refractivity contribution >= 4 is 17.8 Å². The summed E-state index contributed by atoms with van der Waals surface area (Å²) < 4.78 is 12.5. The Hall–Kier alpha value is -2.19. The summed E-state index contributed by atoms with van der Waals surface area (Å²) in [5, 5.41) is 10.3. The highest BCUT2D eigenvalue weighted by atomic mass is 16.6. The van der Waals surface area contributed by atoms with E-state index in [1.807, 2.05) is 65.8 Å². The van der Waals surface area contributed by atoms with E-state index in [0.29, 0.717) is 19.4 Å². The molecule has 0 aromatic carbocycles. The minimum atomic E-state index is -1.33. The largest absolute Gasteiger partial charge is 0.465 e. The third-order valence-corrected chi connectivity index (χ3v) is 8.19. The number of ether oxygens (including phenoxy) is 2. The molecule has 0 aromatic rings. The van der Waals surface area contributed by atoms with Gasteiger partial charge in [-0.3, -0.25) is 14.4 Å². The number of carbonyl (C=O) groups is 3. The fourth-order valence-corrected chi connectivity index (χ4v) is 6.40. The SMILES string of the molecule is CC[C@@]12/C=C\CCCOC(=O)[C@@H]1[C@H]1C(=O)N([C@@H](CO)C(C)C)C3C(=O)N(C(C)(C)C)CC=C[C@@]31O2. The molecule has 2 saturated heterocycles. The van der Waals surface area contributed by atoms with Crippen molar-refractivity contribution in [1.29, 1.82) is 0 Å². The van der Waals surface area contributed by atoms with E-state index in [2.05, 4.69) is 0 Å². The molecular formula is C27H40N2O6. The number of fused-ring (bicyclic) bond motifs is 2. The summed E-state index contributed by atoms with van der Waals surface area (Å²) in [5.41, 5.74) is -2.88. The van der Waals surface area contributed by atoms with Gasteiger partial charge >= 0.3 is 5.97 Å². The molecular weight excluding hydrogens is 448 g/mol. The van der Waals surface area contributed by atoms with E-state index in [9.17, 15) is 19.5 Å². The Labute approximate surface area is 208 Å². The molecule has 1 spiro atoms. The van der Waals surface area contributed by atoms with Crippen LogP contribution in [-0.2, 0) is 23.9 Å². The third kappa shape index (κ3) is 3.84. The first-order chi connectivity index (χ1) is 16.4. The van der Waals surface area contributed by atoms with Gasteiger partial charge in [-0.05, 0) is 46.0 Å². The van der Waals surface area contributed by atoms with E-state index in [4.69, 9.17) is 9.47 Å². The summed E-state index contributed by atoms with van der Waals surface area (Å²) in [6.45, 7) is 12.0. The van der Waals surface area contributed by atoms with E-state index in [1.54, 1.807) is 4.90 Å². The molecule has 8 nitrogen and oxygen atoms in total. The minimum absolute atomic E-state index is 0.105. The topological polar surface area (TPSA) is 96.4 Å². The molecule has 1 N–H and O–H groups in total. The highest BCUT2D eigenvalue weighted by Gasteiger charge is 2.76. The summed E-state index contributed by atoms with van der Waals surface area (Å²) in [6, 6.07) is -1.58. The van der Waals surface area contributed by atoms with Gasteiger partial charge in [-0.15, -0.1) is 0 Å². The number of carbonyl (C=O) groups excluding carboxylic acids is 3. The van der Waals surface area contributed by atoms with Gasteiger partial charge in [0.05, 0.1) is 25.2 Å². The zero-order valence-corrected chi connectivity index (χ0v) is 21.8. The smallest absolute Gasteiger partial charge is 0.313 e. The van der Waals surface area contributed by atoms with Crippen molar-refractivity contribution in [2.45, 2.75) is 89.6 Å². The molecule has 4 rings (SSSR count). The van der Waals surface area contributed by atoms with E-state index in [0.717, 1.165) is 6.42 Å².